The van der Waals surface area contributed by atoms with Crippen molar-refractivity contribution in [2.24, 2.45) is 0 Å². The van der Waals surface area contributed by atoms with Crippen molar-refractivity contribution in [3.63, 3.8) is 0 Å². The number of halogens is 2. The Morgan fingerprint density at radius 1 is 1.12 bits per heavy atom. The molecule has 1 atom stereocenters. The second-order valence-electron chi connectivity index (χ2n) is 4.02. The molecule has 1 unspecified atom stereocenters. The highest BCUT2D eigenvalue weighted by Crippen LogP contribution is 2.24. The number of hydrogen-bond acceptors (Lipinski definition) is 1. The molecule has 2 aromatic carbocycles. The van der Waals surface area contributed by atoms with Crippen LogP contribution in [0.5, 0.6) is 0 Å². The SMILES string of the molecule is Cc1cc(F)cc(C(O)c2cccc(I)c2)c1. The smallest absolute Gasteiger partial charge is 0.123 e. The standard InChI is InChI=1S/C14H12FIO/c1-9-5-11(7-12(15)6-9)14(17)10-3-2-4-13(16)8-10/h2-8,14,17H,1H3. The Kier molecular flexibility index (Phi) is 3.79. The quantitative estimate of drug-likeness (QED) is 0.823. The van der Waals surface area contributed by atoms with Gasteiger partial charge in [0.1, 0.15) is 11.9 Å². The first-order valence-electron chi connectivity index (χ1n) is 5.27. The Morgan fingerprint density at radius 3 is 2.53 bits per heavy atom. The van der Waals surface area contributed by atoms with E-state index in [1.54, 1.807) is 6.07 Å². The van der Waals surface area contributed by atoms with Gasteiger partial charge in [0.2, 0.25) is 0 Å². The molecule has 0 aliphatic carbocycles. The lowest BCUT2D eigenvalue weighted by Crippen LogP contribution is -2.01. The summed E-state index contributed by atoms with van der Waals surface area (Å²) in [5, 5.41) is 10.2. The monoisotopic (exact) mass is 342 g/mol. The summed E-state index contributed by atoms with van der Waals surface area (Å²) in [6, 6.07) is 12.2. The molecule has 17 heavy (non-hydrogen) atoms. The van der Waals surface area contributed by atoms with E-state index in [0.29, 0.717) is 5.56 Å². The Morgan fingerprint density at radius 2 is 1.88 bits per heavy atom. The molecule has 0 radical (unpaired) electrons. The van der Waals surface area contributed by atoms with Gasteiger partial charge in [-0.3, -0.25) is 0 Å². The van der Waals surface area contributed by atoms with E-state index in [1.807, 2.05) is 31.2 Å². The molecule has 0 saturated carbocycles. The van der Waals surface area contributed by atoms with E-state index >= 15 is 0 Å². The average Bonchev–Trinajstić information content (AvgIpc) is 2.26. The second kappa shape index (κ2) is 5.14. The van der Waals surface area contributed by atoms with Crippen LogP contribution in [0, 0.1) is 16.3 Å². The molecule has 0 amide bonds. The lowest BCUT2D eigenvalue weighted by molar-refractivity contribution is 0.219. The summed E-state index contributed by atoms with van der Waals surface area (Å²) >= 11 is 2.19. The van der Waals surface area contributed by atoms with Crippen molar-refractivity contribution in [1.82, 2.24) is 0 Å². The molecular formula is C14H12FIO. The molecule has 1 N–H and O–H groups in total. The van der Waals surface area contributed by atoms with E-state index in [9.17, 15) is 9.50 Å². The van der Waals surface area contributed by atoms with Crippen LogP contribution in [0.3, 0.4) is 0 Å². The third-order valence-electron chi connectivity index (χ3n) is 2.54. The van der Waals surface area contributed by atoms with E-state index in [4.69, 9.17) is 0 Å². The van der Waals surface area contributed by atoms with Crippen LogP contribution in [0.2, 0.25) is 0 Å². The highest BCUT2D eigenvalue weighted by molar-refractivity contribution is 14.1. The zero-order chi connectivity index (χ0) is 12.4. The highest BCUT2D eigenvalue weighted by atomic mass is 127. The molecule has 0 aromatic heterocycles. The van der Waals surface area contributed by atoms with E-state index < -0.39 is 6.10 Å². The van der Waals surface area contributed by atoms with Gasteiger partial charge in [0.05, 0.1) is 0 Å². The number of benzene rings is 2. The van der Waals surface area contributed by atoms with Crippen molar-refractivity contribution >= 4 is 22.6 Å². The molecule has 2 aromatic rings. The lowest BCUT2D eigenvalue weighted by atomic mass is 10.00. The summed E-state index contributed by atoms with van der Waals surface area (Å²) in [5.74, 6) is -0.315. The molecule has 0 aliphatic heterocycles. The highest BCUT2D eigenvalue weighted by Gasteiger charge is 2.12. The second-order valence-corrected chi connectivity index (χ2v) is 5.27. The Hall–Kier alpha value is -0.940. The van der Waals surface area contributed by atoms with Crippen LogP contribution in [0.4, 0.5) is 4.39 Å². The summed E-state index contributed by atoms with van der Waals surface area (Å²) in [4.78, 5) is 0. The van der Waals surface area contributed by atoms with Crippen LogP contribution in [-0.4, -0.2) is 5.11 Å². The molecule has 88 valence electrons. The molecule has 0 heterocycles. The number of rotatable bonds is 2. The third kappa shape index (κ3) is 3.04. The Balaban J connectivity index is 2.39. The first-order chi connectivity index (χ1) is 8.06. The van der Waals surface area contributed by atoms with E-state index in [0.717, 1.165) is 14.7 Å². The lowest BCUT2D eigenvalue weighted by Gasteiger charge is -2.12. The topological polar surface area (TPSA) is 20.2 Å². The molecule has 2 rings (SSSR count). The molecule has 1 nitrogen and oxygen atoms in total. The summed E-state index contributed by atoms with van der Waals surface area (Å²) in [7, 11) is 0. The zero-order valence-electron chi connectivity index (χ0n) is 9.32. The third-order valence-corrected chi connectivity index (χ3v) is 3.22. The summed E-state index contributed by atoms with van der Waals surface area (Å²) in [5.41, 5.74) is 2.18. The molecule has 3 heteroatoms. The van der Waals surface area contributed by atoms with Crippen molar-refractivity contribution in [2.75, 3.05) is 0 Å². The molecular weight excluding hydrogens is 330 g/mol. The van der Waals surface area contributed by atoms with Crippen LogP contribution < -0.4 is 0 Å². The normalized spacial score (nSPS) is 12.5. The van der Waals surface area contributed by atoms with Crippen molar-refractivity contribution in [1.29, 1.82) is 0 Å². The number of aliphatic hydroxyl groups is 1. The maximum atomic E-state index is 13.3. The van der Waals surface area contributed by atoms with Gasteiger partial charge in [-0.25, -0.2) is 4.39 Å². The van der Waals surface area contributed by atoms with E-state index in [2.05, 4.69) is 22.6 Å². The van der Waals surface area contributed by atoms with Gasteiger partial charge < -0.3 is 5.11 Å². The first-order valence-corrected chi connectivity index (χ1v) is 6.35. The summed E-state index contributed by atoms with van der Waals surface area (Å²) in [6.07, 6.45) is -0.779. The maximum absolute atomic E-state index is 13.3. The largest absolute Gasteiger partial charge is 0.384 e. The Labute approximate surface area is 113 Å². The van der Waals surface area contributed by atoms with Gasteiger partial charge >= 0.3 is 0 Å². The molecule has 0 spiro atoms. The van der Waals surface area contributed by atoms with Gasteiger partial charge in [0, 0.05) is 3.57 Å². The molecule has 0 bridgehead atoms. The maximum Gasteiger partial charge on any atom is 0.123 e. The van der Waals surface area contributed by atoms with Gasteiger partial charge in [-0.2, -0.15) is 0 Å². The van der Waals surface area contributed by atoms with Crippen LogP contribution in [0.25, 0.3) is 0 Å². The average molecular weight is 342 g/mol. The van der Waals surface area contributed by atoms with Gasteiger partial charge in [-0.05, 0) is 70.5 Å². The van der Waals surface area contributed by atoms with Crippen molar-refractivity contribution in [2.45, 2.75) is 13.0 Å². The summed E-state index contributed by atoms with van der Waals surface area (Å²) < 4.78 is 14.3. The predicted molar refractivity (Wildman–Crippen MR) is 74.4 cm³/mol. The zero-order valence-corrected chi connectivity index (χ0v) is 11.5. The predicted octanol–water partition coefficient (Wildman–Crippen LogP) is 3.82. The number of aliphatic hydroxyl groups excluding tert-OH is 1. The van der Waals surface area contributed by atoms with Crippen molar-refractivity contribution in [3.8, 4) is 0 Å². The molecule has 0 saturated heterocycles. The van der Waals surface area contributed by atoms with Crippen molar-refractivity contribution < 1.29 is 9.50 Å². The van der Waals surface area contributed by atoms with Crippen LogP contribution in [0.1, 0.15) is 22.8 Å². The first kappa shape index (κ1) is 12.5. The van der Waals surface area contributed by atoms with Crippen LogP contribution in [-0.2, 0) is 0 Å². The summed E-state index contributed by atoms with van der Waals surface area (Å²) in [6.45, 7) is 1.81. The van der Waals surface area contributed by atoms with E-state index in [1.165, 1.54) is 12.1 Å². The fraction of sp³-hybridized carbons (Fsp3) is 0.143. The van der Waals surface area contributed by atoms with E-state index in [-0.39, 0.29) is 5.82 Å². The van der Waals surface area contributed by atoms with Gasteiger partial charge in [0.25, 0.3) is 0 Å². The Bertz CT molecular complexity index is 519. The fourth-order valence-corrected chi connectivity index (χ4v) is 2.36. The van der Waals surface area contributed by atoms with Gasteiger partial charge in [-0.1, -0.05) is 18.2 Å². The molecule has 0 aliphatic rings. The fourth-order valence-electron chi connectivity index (χ4n) is 1.79. The number of aryl methyl sites for hydroxylation is 1. The van der Waals surface area contributed by atoms with Crippen LogP contribution in [0.15, 0.2) is 42.5 Å². The number of hydrogen-bond donors (Lipinski definition) is 1. The van der Waals surface area contributed by atoms with Gasteiger partial charge in [0.15, 0.2) is 0 Å². The van der Waals surface area contributed by atoms with Gasteiger partial charge in [-0.15, -0.1) is 0 Å². The molecule has 0 fully saturated rings. The van der Waals surface area contributed by atoms with Crippen LogP contribution >= 0.6 is 22.6 Å². The minimum Gasteiger partial charge on any atom is -0.384 e. The minimum absolute atomic E-state index is 0.315. The minimum atomic E-state index is -0.779. The van der Waals surface area contributed by atoms with Crippen molar-refractivity contribution in [3.05, 3.63) is 68.5 Å².